The van der Waals surface area contributed by atoms with Gasteiger partial charge >= 0.3 is 12.2 Å². The summed E-state index contributed by atoms with van der Waals surface area (Å²) in [5, 5.41) is 2.76. The van der Waals surface area contributed by atoms with Gasteiger partial charge in [-0.1, -0.05) is 6.07 Å². The molecule has 29 heavy (non-hydrogen) atoms. The van der Waals surface area contributed by atoms with E-state index in [1.54, 1.807) is 4.90 Å². The summed E-state index contributed by atoms with van der Waals surface area (Å²) in [7, 11) is 0. The second-order valence-corrected chi connectivity index (χ2v) is 9.22. The molecule has 1 aliphatic heterocycles. The Hall–Kier alpha value is -2.51. The zero-order valence-corrected chi connectivity index (χ0v) is 18.7. The summed E-state index contributed by atoms with van der Waals surface area (Å²) in [6.45, 7) is 16.0. The summed E-state index contributed by atoms with van der Waals surface area (Å²) in [4.78, 5) is 32.6. The minimum Gasteiger partial charge on any atom is -0.444 e. The lowest BCUT2D eigenvalue weighted by atomic mass is 10.2. The number of hydrogen-bond donors (Lipinski definition) is 1. The van der Waals surface area contributed by atoms with Crippen LogP contribution >= 0.6 is 0 Å². The number of hydrogen-bond acceptors (Lipinski definition) is 6. The third-order valence-electron chi connectivity index (χ3n) is 4.26. The number of aromatic nitrogens is 1. The van der Waals surface area contributed by atoms with Crippen LogP contribution in [-0.2, 0) is 16.0 Å². The van der Waals surface area contributed by atoms with Crippen LogP contribution in [0.15, 0.2) is 12.1 Å². The Labute approximate surface area is 173 Å². The van der Waals surface area contributed by atoms with Crippen LogP contribution in [0.5, 0.6) is 0 Å². The number of piperazine rings is 1. The molecule has 0 radical (unpaired) electrons. The van der Waals surface area contributed by atoms with Gasteiger partial charge in [-0.3, -0.25) is 0 Å². The van der Waals surface area contributed by atoms with E-state index in [0.29, 0.717) is 32.7 Å². The zero-order valence-electron chi connectivity index (χ0n) is 18.7. The van der Waals surface area contributed by atoms with Crippen LogP contribution in [0.1, 0.15) is 52.8 Å². The Morgan fingerprint density at radius 3 is 2.10 bits per heavy atom. The van der Waals surface area contributed by atoms with Gasteiger partial charge in [0, 0.05) is 38.4 Å². The van der Waals surface area contributed by atoms with Gasteiger partial charge in [0.05, 0.1) is 0 Å². The molecule has 2 amide bonds. The van der Waals surface area contributed by atoms with Gasteiger partial charge in [0.15, 0.2) is 0 Å². The standard InChI is InChI=1S/C21H34N4O4/c1-15-16(14-22-18(26)28-20(2,3)4)8-9-17(23-15)24-10-12-25(13-11-24)19(27)29-21(5,6)7/h8-9H,10-14H2,1-7H3,(H,22,26). The lowest BCUT2D eigenvalue weighted by Gasteiger charge is -2.36. The molecule has 0 aromatic carbocycles. The summed E-state index contributed by atoms with van der Waals surface area (Å²) in [6, 6.07) is 3.91. The van der Waals surface area contributed by atoms with Gasteiger partial charge in [-0.15, -0.1) is 0 Å². The summed E-state index contributed by atoms with van der Waals surface area (Å²) in [5.74, 6) is 0.868. The largest absolute Gasteiger partial charge is 0.444 e. The molecule has 1 N–H and O–H groups in total. The summed E-state index contributed by atoms with van der Waals surface area (Å²) >= 11 is 0. The van der Waals surface area contributed by atoms with E-state index in [1.165, 1.54) is 0 Å². The molecule has 0 spiro atoms. The third-order valence-corrected chi connectivity index (χ3v) is 4.26. The molecule has 0 atom stereocenters. The quantitative estimate of drug-likeness (QED) is 0.827. The van der Waals surface area contributed by atoms with Crippen molar-refractivity contribution in [3.05, 3.63) is 23.4 Å². The van der Waals surface area contributed by atoms with Crippen molar-refractivity contribution in [2.24, 2.45) is 0 Å². The molecule has 1 fully saturated rings. The molecule has 162 valence electrons. The van der Waals surface area contributed by atoms with Crippen molar-refractivity contribution in [3.8, 4) is 0 Å². The Kier molecular flexibility index (Phi) is 6.97. The first kappa shape index (κ1) is 22.8. The lowest BCUT2D eigenvalue weighted by Crippen LogP contribution is -2.50. The Morgan fingerprint density at radius 1 is 1.00 bits per heavy atom. The fraction of sp³-hybridized carbons (Fsp3) is 0.667. The highest BCUT2D eigenvalue weighted by molar-refractivity contribution is 5.69. The van der Waals surface area contributed by atoms with Crippen LogP contribution in [0.4, 0.5) is 15.4 Å². The van der Waals surface area contributed by atoms with Crippen LogP contribution in [0, 0.1) is 6.92 Å². The van der Waals surface area contributed by atoms with Gasteiger partial charge in [-0.2, -0.15) is 0 Å². The van der Waals surface area contributed by atoms with Crippen molar-refractivity contribution < 1.29 is 19.1 Å². The third kappa shape index (κ3) is 7.44. The molecule has 8 nitrogen and oxygen atoms in total. The van der Waals surface area contributed by atoms with Crippen molar-refractivity contribution >= 4 is 18.0 Å². The highest BCUT2D eigenvalue weighted by Gasteiger charge is 2.26. The predicted octanol–water partition coefficient (Wildman–Crippen LogP) is 3.47. The number of alkyl carbamates (subject to hydrolysis) is 1. The SMILES string of the molecule is Cc1nc(N2CCN(C(=O)OC(C)(C)C)CC2)ccc1CNC(=O)OC(C)(C)C. The van der Waals surface area contributed by atoms with Gasteiger partial charge in [-0.05, 0) is 60.1 Å². The van der Waals surface area contributed by atoms with Crippen molar-refractivity contribution in [1.29, 1.82) is 0 Å². The predicted molar refractivity (Wildman–Crippen MR) is 112 cm³/mol. The molecule has 1 saturated heterocycles. The summed E-state index contributed by atoms with van der Waals surface area (Å²) in [6.07, 6.45) is -0.718. The number of aryl methyl sites for hydroxylation is 1. The summed E-state index contributed by atoms with van der Waals surface area (Å²) in [5.41, 5.74) is 0.777. The van der Waals surface area contributed by atoms with Crippen molar-refractivity contribution in [1.82, 2.24) is 15.2 Å². The first-order chi connectivity index (χ1) is 13.3. The van der Waals surface area contributed by atoms with Gasteiger partial charge in [0.1, 0.15) is 17.0 Å². The van der Waals surface area contributed by atoms with E-state index < -0.39 is 17.3 Å². The fourth-order valence-electron chi connectivity index (χ4n) is 2.87. The molecule has 0 unspecified atom stereocenters. The lowest BCUT2D eigenvalue weighted by molar-refractivity contribution is 0.0240. The first-order valence-corrected chi connectivity index (χ1v) is 10.0. The van der Waals surface area contributed by atoms with Crippen molar-refractivity contribution in [3.63, 3.8) is 0 Å². The van der Waals surface area contributed by atoms with Crippen molar-refractivity contribution in [2.45, 2.75) is 66.2 Å². The molecule has 2 rings (SSSR count). The topological polar surface area (TPSA) is 84.0 Å². The number of nitrogens with zero attached hydrogens (tertiary/aromatic N) is 3. The van der Waals surface area contributed by atoms with E-state index >= 15 is 0 Å². The van der Waals surface area contributed by atoms with Crippen molar-refractivity contribution in [2.75, 3.05) is 31.1 Å². The second kappa shape index (κ2) is 8.88. The van der Waals surface area contributed by atoms with E-state index in [1.807, 2.05) is 60.6 Å². The van der Waals surface area contributed by atoms with Gasteiger partial charge < -0.3 is 24.6 Å². The summed E-state index contributed by atoms with van der Waals surface area (Å²) < 4.78 is 10.7. The maximum atomic E-state index is 12.2. The van der Waals surface area contributed by atoms with E-state index in [2.05, 4.69) is 15.2 Å². The molecule has 0 aliphatic carbocycles. The number of carbonyl (C=O) groups is 2. The van der Waals surface area contributed by atoms with Crippen LogP contribution in [0.3, 0.4) is 0 Å². The molecule has 1 aromatic heterocycles. The first-order valence-electron chi connectivity index (χ1n) is 10.0. The average molecular weight is 407 g/mol. The number of anilines is 1. The van der Waals surface area contributed by atoms with Gasteiger partial charge in [0.25, 0.3) is 0 Å². The molecular formula is C21H34N4O4. The molecular weight excluding hydrogens is 372 g/mol. The second-order valence-electron chi connectivity index (χ2n) is 9.22. The normalized spacial score (nSPS) is 15.1. The number of carbonyl (C=O) groups excluding carboxylic acids is 2. The number of rotatable bonds is 3. The van der Waals surface area contributed by atoms with Crippen LogP contribution in [-0.4, -0.2) is 59.5 Å². The number of ether oxygens (including phenoxy) is 2. The molecule has 0 saturated carbocycles. The monoisotopic (exact) mass is 406 g/mol. The smallest absolute Gasteiger partial charge is 0.410 e. The molecule has 1 aromatic rings. The maximum absolute atomic E-state index is 12.2. The van der Waals surface area contributed by atoms with E-state index in [0.717, 1.165) is 17.1 Å². The number of amides is 2. The fourth-order valence-corrected chi connectivity index (χ4v) is 2.87. The number of nitrogens with one attached hydrogen (secondary N) is 1. The van der Waals surface area contributed by atoms with E-state index in [9.17, 15) is 9.59 Å². The van der Waals surface area contributed by atoms with Gasteiger partial charge in [-0.25, -0.2) is 14.6 Å². The van der Waals surface area contributed by atoms with Crippen LogP contribution < -0.4 is 10.2 Å². The molecule has 1 aliphatic rings. The zero-order chi connectivity index (χ0) is 21.8. The highest BCUT2D eigenvalue weighted by atomic mass is 16.6. The Bertz CT molecular complexity index is 729. The average Bonchev–Trinajstić information content (AvgIpc) is 2.58. The molecule has 0 bridgehead atoms. The van der Waals surface area contributed by atoms with E-state index in [4.69, 9.17) is 9.47 Å². The highest BCUT2D eigenvalue weighted by Crippen LogP contribution is 2.18. The van der Waals surface area contributed by atoms with Crippen LogP contribution in [0.25, 0.3) is 0 Å². The minimum atomic E-state index is -0.525. The maximum Gasteiger partial charge on any atom is 0.410 e. The molecule has 8 heteroatoms. The molecule has 2 heterocycles. The minimum absolute atomic E-state index is 0.273. The number of pyridine rings is 1. The van der Waals surface area contributed by atoms with E-state index in [-0.39, 0.29) is 6.09 Å². The van der Waals surface area contributed by atoms with Gasteiger partial charge in [0.2, 0.25) is 0 Å². The Morgan fingerprint density at radius 2 is 1.59 bits per heavy atom. The van der Waals surface area contributed by atoms with Crippen LogP contribution in [0.2, 0.25) is 0 Å². The Balaban J connectivity index is 1.89.